The number of halogens is 1. The molecule has 0 spiro atoms. The molecule has 0 bridgehead atoms. The lowest BCUT2D eigenvalue weighted by atomic mass is 9.78. The van der Waals surface area contributed by atoms with Crippen molar-refractivity contribution in [2.75, 3.05) is 12.4 Å². The fraction of sp³-hybridized carbons (Fsp3) is 0.333. The summed E-state index contributed by atoms with van der Waals surface area (Å²) in [6.07, 6.45) is 0. The molecule has 0 fully saturated rings. The summed E-state index contributed by atoms with van der Waals surface area (Å²) in [6, 6.07) is 14.9. The lowest BCUT2D eigenvalue weighted by molar-refractivity contribution is 0.121. The molecule has 4 rings (SSSR count). The van der Waals surface area contributed by atoms with Gasteiger partial charge in [0.15, 0.2) is 0 Å². The molecule has 3 nitrogen and oxygen atoms in total. The Kier molecular flexibility index (Phi) is 5.42. The number of nitrogens with one attached hydrogen (secondary N) is 1. The maximum Gasteiger partial charge on any atom is 0.127 e. The van der Waals surface area contributed by atoms with Gasteiger partial charge in [-0.15, -0.1) is 0 Å². The smallest absolute Gasteiger partial charge is 0.127 e. The summed E-state index contributed by atoms with van der Waals surface area (Å²) in [5.74, 6) is 1.62. The van der Waals surface area contributed by atoms with E-state index in [0.717, 1.165) is 34.9 Å². The molecule has 0 amide bonds. The van der Waals surface area contributed by atoms with Gasteiger partial charge in [0.2, 0.25) is 0 Å². The van der Waals surface area contributed by atoms with Crippen LogP contribution in [-0.4, -0.2) is 12.7 Å². The van der Waals surface area contributed by atoms with Gasteiger partial charge in [-0.3, -0.25) is 0 Å². The first kappa shape index (κ1) is 21.2. The average Bonchev–Trinajstić information content (AvgIpc) is 3.04. The van der Waals surface area contributed by atoms with Crippen LogP contribution < -0.4 is 14.8 Å². The molecule has 0 saturated heterocycles. The fourth-order valence-electron chi connectivity index (χ4n) is 4.72. The number of hydrogen-bond acceptors (Lipinski definition) is 3. The van der Waals surface area contributed by atoms with Crippen molar-refractivity contribution in [2.45, 2.75) is 52.7 Å². The van der Waals surface area contributed by atoms with Gasteiger partial charge in [-0.05, 0) is 86.7 Å². The molecule has 1 aliphatic heterocycles. The number of rotatable bonds is 5. The monoisotopic (exact) mass is 419 g/mol. The summed E-state index contributed by atoms with van der Waals surface area (Å²) in [5, 5.41) is 3.66. The minimum Gasteiger partial charge on any atom is -0.497 e. The van der Waals surface area contributed by atoms with Crippen molar-refractivity contribution in [3.63, 3.8) is 0 Å². The molecule has 1 atom stereocenters. The highest BCUT2D eigenvalue weighted by Gasteiger charge is 2.44. The zero-order chi connectivity index (χ0) is 22.3. The first-order valence-corrected chi connectivity index (χ1v) is 10.7. The van der Waals surface area contributed by atoms with Crippen molar-refractivity contribution < 1.29 is 13.9 Å². The number of hydrogen-bond donors (Lipinski definition) is 1. The zero-order valence-electron chi connectivity index (χ0n) is 19.1. The average molecular weight is 420 g/mol. The molecule has 162 valence electrons. The van der Waals surface area contributed by atoms with Crippen molar-refractivity contribution >= 4 is 5.69 Å². The van der Waals surface area contributed by atoms with Gasteiger partial charge in [-0.2, -0.15) is 0 Å². The molecule has 0 saturated carbocycles. The summed E-state index contributed by atoms with van der Waals surface area (Å²) >= 11 is 0. The lowest BCUT2D eigenvalue weighted by Gasteiger charge is -2.27. The Morgan fingerprint density at radius 2 is 1.58 bits per heavy atom. The van der Waals surface area contributed by atoms with Gasteiger partial charge in [-0.25, -0.2) is 4.39 Å². The van der Waals surface area contributed by atoms with E-state index < -0.39 is 5.60 Å². The van der Waals surface area contributed by atoms with E-state index in [4.69, 9.17) is 9.47 Å². The van der Waals surface area contributed by atoms with Gasteiger partial charge in [-0.1, -0.05) is 24.3 Å². The molecule has 1 aliphatic rings. The molecule has 31 heavy (non-hydrogen) atoms. The van der Waals surface area contributed by atoms with Gasteiger partial charge >= 0.3 is 0 Å². The van der Waals surface area contributed by atoms with Crippen LogP contribution in [0.2, 0.25) is 0 Å². The summed E-state index contributed by atoms with van der Waals surface area (Å²) < 4.78 is 25.3. The molecule has 3 aromatic carbocycles. The minimum absolute atomic E-state index is 0.0314. The first-order valence-electron chi connectivity index (χ1n) is 10.7. The van der Waals surface area contributed by atoms with Crippen LogP contribution in [0.1, 0.15) is 53.1 Å². The third-order valence-corrected chi connectivity index (χ3v) is 6.48. The van der Waals surface area contributed by atoms with Crippen molar-refractivity contribution in [2.24, 2.45) is 0 Å². The van der Waals surface area contributed by atoms with Crippen LogP contribution in [-0.2, 0) is 6.54 Å². The van der Waals surface area contributed by atoms with E-state index in [1.165, 1.54) is 34.4 Å². The van der Waals surface area contributed by atoms with Crippen molar-refractivity contribution in [1.82, 2.24) is 0 Å². The van der Waals surface area contributed by atoms with Gasteiger partial charge in [0, 0.05) is 17.8 Å². The minimum atomic E-state index is -0.420. The molecular formula is C27H30FNO2. The highest BCUT2D eigenvalue weighted by molar-refractivity contribution is 5.71. The van der Waals surface area contributed by atoms with E-state index >= 15 is 0 Å². The van der Waals surface area contributed by atoms with Gasteiger partial charge in [0.25, 0.3) is 0 Å². The topological polar surface area (TPSA) is 30.5 Å². The molecule has 1 N–H and O–H groups in total. The SMILES string of the molecule is COc1ccc(CNc2c(C)c(C)c3c(c2C)C(c2ccc(F)cc2)C(C)(C)O3)cc1. The van der Waals surface area contributed by atoms with Gasteiger partial charge in [0.05, 0.1) is 13.0 Å². The Hall–Kier alpha value is -3.01. The Bertz CT molecular complexity index is 1100. The maximum atomic E-state index is 13.6. The van der Waals surface area contributed by atoms with E-state index in [-0.39, 0.29) is 11.7 Å². The van der Waals surface area contributed by atoms with E-state index in [0.29, 0.717) is 0 Å². The van der Waals surface area contributed by atoms with E-state index in [2.05, 4.69) is 52.1 Å². The quantitative estimate of drug-likeness (QED) is 0.501. The normalized spacial score (nSPS) is 16.5. The third kappa shape index (κ3) is 3.76. The predicted molar refractivity (Wildman–Crippen MR) is 124 cm³/mol. The van der Waals surface area contributed by atoms with Crippen LogP contribution in [0.5, 0.6) is 11.5 Å². The number of methoxy groups -OCH3 is 1. The highest BCUT2D eigenvalue weighted by Crippen LogP contribution is 2.53. The second-order valence-corrected chi connectivity index (χ2v) is 8.88. The largest absolute Gasteiger partial charge is 0.497 e. The molecule has 4 heteroatoms. The second kappa shape index (κ2) is 7.92. The number of benzene rings is 3. The van der Waals surface area contributed by atoms with E-state index in [9.17, 15) is 4.39 Å². The molecule has 0 radical (unpaired) electrons. The van der Waals surface area contributed by atoms with Crippen LogP contribution >= 0.6 is 0 Å². The second-order valence-electron chi connectivity index (χ2n) is 8.88. The molecule has 0 aromatic heterocycles. The zero-order valence-corrected chi connectivity index (χ0v) is 19.1. The Labute approximate surface area is 184 Å². The van der Waals surface area contributed by atoms with Crippen molar-refractivity contribution in [3.8, 4) is 11.5 Å². The molecule has 1 unspecified atom stereocenters. The standard InChI is InChI=1S/C27H30FNO2/c1-16-17(2)26-23(24(27(4,5)31-26)20-9-11-21(28)12-10-20)18(3)25(16)29-15-19-7-13-22(30-6)14-8-19/h7-14,24,29H,15H2,1-6H3. The summed E-state index contributed by atoms with van der Waals surface area (Å²) in [4.78, 5) is 0. The Morgan fingerprint density at radius 3 is 2.19 bits per heavy atom. The lowest BCUT2D eigenvalue weighted by Crippen LogP contribution is -2.31. The molecule has 1 heterocycles. The molecule has 3 aromatic rings. The first-order chi connectivity index (χ1) is 14.7. The van der Waals surface area contributed by atoms with Crippen molar-refractivity contribution in [1.29, 1.82) is 0 Å². The third-order valence-electron chi connectivity index (χ3n) is 6.48. The summed E-state index contributed by atoms with van der Waals surface area (Å²) in [6.45, 7) is 11.4. The van der Waals surface area contributed by atoms with Crippen LogP contribution in [0.15, 0.2) is 48.5 Å². The maximum absolute atomic E-state index is 13.6. The Morgan fingerprint density at radius 1 is 0.935 bits per heavy atom. The Balaban J connectivity index is 1.75. The molecule has 0 aliphatic carbocycles. The van der Waals surface area contributed by atoms with E-state index in [1.807, 2.05) is 24.3 Å². The predicted octanol–water partition coefficient (Wildman–Crippen LogP) is 6.67. The van der Waals surface area contributed by atoms with Crippen LogP contribution in [0.4, 0.5) is 10.1 Å². The van der Waals surface area contributed by atoms with Gasteiger partial charge < -0.3 is 14.8 Å². The highest BCUT2D eigenvalue weighted by atomic mass is 19.1. The van der Waals surface area contributed by atoms with Crippen molar-refractivity contribution in [3.05, 3.63) is 87.7 Å². The number of fused-ring (bicyclic) bond motifs is 1. The number of ether oxygens (including phenoxy) is 2. The fourth-order valence-corrected chi connectivity index (χ4v) is 4.72. The summed E-state index contributed by atoms with van der Waals surface area (Å²) in [5.41, 5.74) is 7.69. The van der Waals surface area contributed by atoms with Crippen LogP contribution in [0, 0.1) is 26.6 Å². The number of anilines is 1. The molecular weight excluding hydrogens is 389 g/mol. The van der Waals surface area contributed by atoms with Crippen LogP contribution in [0.3, 0.4) is 0 Å². The van der Waals surface area contributed by atoms with Gasteiger partial charge in [0.1, 0.15) is 22.9 Å². The summed E-state index contributed by atoms with van der Waals surface area (Å²) in [7, 11) is 1.67. The van der Waals surface area contributed by atoms with Crippen LogP contribution in [0.25, 0.3) is 0 Å². The van der Waals surface area contributed by atoms with E-state index in [1.54, 1.807) is 7.11 Å².